The van der Waals surface area contributed by atoms with Gasteiger partial charge in [-0.05, 0) is 37.1 Å². The number of anilines is 1. The van der Waals surface area contributed by atoms with Crippen LogP contribution in [-0.2, 0) is 11.3 Å². The van der Waals surface area contributed by atoms with Crippen molar-refractivity contribution in [1.29, 1.82) is 0 Å². The molecule has 1 aromatic heterocycles. The molecular weight excluding hydrogens is 434 g/mol. The fourth-order valence-electron chi connectivity index (χ4n) is 3.25. The predicted octanol–water partition coefficient (Wildman–Crippen LogP) is 4.63. The number of nitrogens with zero attached hydrogens (tertiary/aromatic N) is 3. The maximum atomic E-state index is 12.8. The summed E-state index contributed by atoms with van der Waals surface area (Å²) in [5, 5.41) is 15.2. The number of rotatable bonds is 10. The van der Waals surface area contributed by atoms with Crippen LogP contribution >= 0.6 is 11.8 Å². The van der Waals surface area contributed by atoms with Crippen molar-refractivity contribution in [1.82, 2.24) is 20.1 Å². The molecule has 0 spiro atoms. The van der Waals surface area contributed by atoms with Crippen molar-refractivity contribution in [2.24, 2.45) is 5.92 Å². The molecule has 0 fully saturated rings. The van der Waals surface area contributed by atoms with E-state index in [4.69, 9.17) is 0 Å². The van der Waals surface area contributed by atoms with Crippen LogP contribution < -0.4 is 10.6 Å². The second-order valence-corrected chi connectivity index (χ2v) is 8.95. The van der Waals surface area contributed by atoms with Gasteiger partial charge in [-0.3, -0.25) is 9.59 Å². The van der Waals surface area contributed by atoms with Gasteiger partial charge < -0.3 is 15.2 Å². The minimum atomic E-state index is -0.346. The Kier molecular flexibility index (Phi) is 8.43. The number of nitrogens with one attached hydrogen (secondary N) is 2. The van der Waals surface area contributed by atoms with Crippen LogP contribution in [0, 0.1) is 12.8 Å². The Bertz CT molecular complexity index is 1090. The van der Waals surface area contributed by atoms with Crippen LogP contribution in [0.15, 0.2) is 72.4 Å². The van der Waals surface area contributed by atoms with Gasteiger partial charge in [-0.25, -0.2) is 0 Å². The average molecular weight is 464 g/mol. The van der Waals surface area contributed by atoms with Crippen LogP contribution in [0.1, 0.15) is 41.6 Å². The van der Waals surface area contributed by atoms with Gasteiger partial charge in [-0.1, -0.05) is 67.6 Å². The molecule has 0 aliphatic rings. The Balaban J connectivity index is 1.73. The number of hydrogen-bond acceptors (Lipinski definition) is 5. The summed E-state index contributed by atoms with van der Waals surface area (Å²) < 4.78 is 1.90. The van der Waals surface area contributed by atoms with E-state index in [1.807, 2.05) is 67.8 Å². The summed E-state index contributed by atoms with van der Waals surface area (Å²) >= 11 is 1.30. The van der Waals surface area contributed by atoms with Crippen LogP contribution in [-0.4, -0.2) is 32.3 Å². The third kappa shape index (κ3) is 6.55. The largest absolute Gasteiger partial charge is 0.342 e. The molecule has 3 rings (SSSR count). The number of thioether (sulfide) groups is 1. The lowest BCUT2D eigenvalue weighted by molar-refractivity contribution is -0.113. The Hall–Kier alpha value is -3.39. The summed E-state index contributed by atoms with van der Waals surface area (Å²) in [7, 11) is 0. The lowest BCUT2D eigenvalue weighted by Gasteiger charge is -2.22. The number of benzene rings is 2. The quantitative estimate of drug-likeness (QED) is 0.338. The SMILES string of the molecule is C=CCn1c(SCC(=O)Nc2ccc(C)cc2)nnc1[C@@H](NC(=O)c1ccccc1)C(C)C. The van der Waals surface area contributed by atoms with Crippen LogP contribution in [0.3, 0.4) is 0 Å². The highest BCUT2D eigenvalue weighted by atomic mass is 32.2. The number of carbonyl (C=O) groups is 2. The highest BCUT2D eigenvalue weighted by Crippen LogP contribution is 2.26. The third-order valence-electron chi connectivity index (χ3n) is 4.99. The van der Waals surface area contributed by atoms with E-state index >= 15 is 0 Å². The number of aromatic nitrogens is 3. The van der Waals surface area contributed by atoms with Crippen molar-refractivity contribution in [3.05, 3.63) is 84.2 Å². The molecule has 1 atom stereocenters. The van der Waals surface area contributed by atoms with Gasteiger partial charge in [-0.2, -0.15) is 0 Å². The number of allylic oxidation sites excluding steroid dienone is 1. The van der Waals surface area contributed by atoms with Crippen molar-refractivity contribution >= 4 is 29.3 Å². The molecule has 0 bridgehead atoms. The smallest absolute Gasteiger partial charge is 0.251 e. The van der Waals surface area contributed by atoms with Gasteiger partial charge in [0.15, 0.2) is 11.0 Å². The fourth-order valence-corrected chi connectivity index (χ4v) is 4.00. The van der Waals surface area contributed by atoms with Crippen LogP contribution in [0.25, 0.3) is 0 Å². The summed E-state index contributed by atoms with van der Waals surface area (Å²) in [6.07, 6.45) is 1.75. The summed E-state index contributed by atoms with van der Waals surface area (Å²) in [6, 6.07) is 16.4. The third-order valence-corrected chi connectivity index (χ3v) is 5.96. The first-order valence-electron chi connectivity index (χ1n) is 10.8. The summed E-state index contributed by atoms with van der Waals surface area (Å²) in [5.74, 6) is 0.598. The van der Waals surface area contributed by atoms with E-state index in [1.165, 1.54) is 11.8 Å². The van der Waals surface area contributed by atoms with E-state index in [0.29, 0.717) is 23.1 Å². The second-order valence-electron chi connectivity index (χ2n) is 8.00. The van der Waals surface area contributed by atoms with Gasteiger partial charge in [0, 0.05) is 17.8 Å². The van der Waals surface area contributed by atoms with E-state index in [2.05, 4.69) is 27.4 Å². The standard InChI is InChI=1S/C25H29N5O2S/c1-5-15-30-23(22(17(2)3)27-24(32)19-9-7-6-8-10-19)28-29-25(30)33-16-21(31)26-20-13-11-18(4)12-14-20/h5-14,17,22H,1,15-16H2,2-4H3,(H,26,31)(H,27,32)/t22-/m0/s1. The molecule has 2 amide bonds. The zero-order valence-electron chi connectivity index (χ0n) is 19.1. The number of amides is 2. The zero-order valence-corrected chi connectivity index (χ0v) is 19.9. The van der Waals surface area contributed by atoms with Gasteiger partial charge in [0.2, 0.25) is 5.91 Å². The highest BCUT2D eigenvalue weighted by molar-refractivity contribution is 7.99. The molecule has 0 radical (unpaired) electrons. The molecule has 0 saturated carbocycles. The molecule has 3 aromatic rings. The number of carbonyl (C=O) groups excluding carboxylic acids is 2. The Morgan fingerprint density at radius 1 is 1.09 bits per heavy atom. The number of hydrogen-bond donors (Lipinski definition) is 2. The summed E-state index contributed by atoms with van der Waals surface area (Å²) in [4.78, 5) is 25.2. The maximum Gasteiger partial charge on any atom is 0.251 e. The van der Waals surface area contributed by atoms with Gasteiger partial charge in [0.1, 0.15) is 0 Å². The summed E-state index contributed by atoms with van der Waals surface area (Å²) in [6.45, 7) is 10.3. The van der Waals surface area contributed by atoms with E-state index in [9.17, 15) is 9.59 Å². The molecule has 8 heteroatoms. The molecule has 7 nitrogen and oxygen atoms in total. The van der Waals surface area contributed by atoms with Gasteiger partial charge in [-0.15, -0.1) is 16.8 Å². The van der Waals surface area contributed by atoms with E-state index in [-0.39, 0.29) is 29.5 Å². The van der Waals surface area contributed by atoms with Gasteiger partial charge in [0.25, 0.3) is 5.91 Å². The average Bonchev–Trinajstić information content (AvgIpc) is 3.20. The Morgan fingerprint density at radius 2 is 1.79 bits per heavy atom. The molecule has 2 N–H and O–H groups in total. The first-order valence-corrected chi connectivity index (χ1v) is 11.8. The van der Waals surface area contributed by atoms with Crippen molar-refractivity contribution in [3.63, 3.8) is 0 Å². The van der Waals surface area contributed by atoms with Crippen molar-refractivity contribution < 1.29 is 9.59 Å². The zero-order chi connectivity index (χ0) is 23.8. The van der Waals surface area contributed by atoms with Crippen LogP contribution in [0.2, 0.25) is 0 Å². The van der Waals surface area contributed by atoms with E-state index in [1.54, 1.807) is 18.2 Å². The Labute approximate surface area is 198 Å². The number of aryl methyl sites for hydroxylation is 1. The normalized spacial score (nSPS) is 11.8. The molecule has 0 unspecified atom stereocenters. The molecular formula is C25H29N5O2S. The van der Waals surface area contributed by atoms with Crippen molar-refractivity contribution in [3.8, 4) is 0 Å². The first-order chi connectivity index (χ1) is 15.9. The molecule has 0 saturated heterocycles. The topological polar surface area (TPSA) is 88.9 Å². The molecule has 2 aromatic carbocycles. The van der Waals surface area contributed by atoms with Gasteiger partial charge in [0.05, 0.1) is 11.8 Å². The maximum absolute atomic E-state index is 12.8. The predicted molar refractivity (Wildman–Crippen MR) is 132 cm³/mol. The Morgan fingerprint density at radius 3 is 2.42 bits per heavy atom. The minimum Gasteiger partial charge on any atom is -0.342 e. The fraction of sp³-hybridized carbons (Fsp3) is 0.280. The lowest BCUT2D eigenvalue weighted by Crippen LogP contribution is -2.33. The molecule has 0 aliphatic carbocycles. The van der Waals surface area contributed by atoms with Crippen molar-refractivity contribution in [2.75, 3.05) is 11.1 Å². The summed E-state index contributed by atoms with van der Waals surface area (Å²) in [5.41, 5.74) is 2.47. The molecule has 0 aliphatic heterocycles. The van der Waals surface area contributed by atoms with E-state index < -0.39 is 0 Å². The highest BCUT2D eigenvalue weighted by Gasteiger charge is 2.26. The minimum absolute atomic E-state index is 0.0770. The first kappa shape index (κ1) is 24.3. The lowest BCUT2D eigenvalue weighted by atomic mass is 10.0. The van der Waals surface area contributed by atoms with Crippen LogP contribution in [0.4, 0.5) is 5.69 Å². The molecule has 1 heterocycles. The monoisotopic (exact) mass is 463 g/mol. The van der Waals surface area contributed by atoms with Crippen molar-refractivity contribution in [2.45, 2.75) is 38.5 Å². The second kappa shape index (κ2) is 11.5. The van der Waals surface area contributed by atoms with E-state index in [0.717, 1.165) is 11.3 Å². The van der Waals surface area contributed by atoms with Gasteiger partial charge >= 0.3 is 0 Å². The molecule has 172 valence electrons. The van der Waals surface area contributed by atoms with Crippen LogP contribution in [0.5, 0.6) is 0 Å². The molecule has 33 heavy (non-hydrogen) atoms.